The predicted octanol–water partition coefficient (Wildman–Crippen LogP) is 0.133. The Bertz CT molecular complexity index is 617. The van der Waals surface area contributed by atoms with Crippen molar-refractivity contribution < 1.29 is 14.7 Å². The first-order valence-corrected chi connectivity index (χ1v) is 6.02. The predicted molar refractivity (Wildman–Crippen MR) is 69.3 cm³/mol. The molecule has 0 saturated carbocycles. The van der Waals surface area contributed by atoms with Crippen LogP contribution in [0.2, 0.25) is 0 Å². The molecule has 0 radical (unpaired) electrons. The monoisotopic (exact) mass is 277 g/mol. The van der Waals surface area contributed by atoms with E-state index in [0.29, 0.717) is 6.54 Å². The highest BCUT2D eigenvalue weighted by Crippen LogP contribution is 2.08. The lowest BCUT2D eigenvalue weighted by Gasteiger charge is -2.13. The highest BCUT2D eigenvalue weighted by Gasteiger charge is 2.22. The number of hydrogen-bond acceptors (Lipinski definition) is 4. The van der Waals surface area contributed by atoms with Gasteiger partial charge in [0.25, 0.3) is 5.91 Å². The van der Waals surface area contributed by atoms with Gasteiger partial charge in [-0.2, -0.15) is 10.2 Å². The van der Waals surface area contributed by atoms with E-state index in [-0.39, 0.29) is 17.3 Å². The smallest absolute Gasteiger partial charge is 0.354 e. The van der Waals surface area contributed by atoms with Crippen LogP contribution in [0.3, 0.4) is 0 Å². The number of aromatic carboxylic acids is 1. The van der Waals surface area contributed by atoms with Gasteiger partial charge in [0.15, 0.2) is 5.69 Å². The summed E-state index contributed by atoms with van der Waals surface area (Å²) >= 11 is 0. The topological polar surface area (TPSA) is 102 Å². The van der Waals surface area contributed by atoms with Crippen molar-refractivity contribution >= 4 is 11.9 Å². The Morgan fingerprint density at radius 2 is 2.20 bits per heavy atom. The van der Waals surface area contributed by atoms with Crippen LogP contribution in [0.4, 0.5) is 0 Å². The van der Waals surface area contributed by atoms with Gasteiger partial charge in [-0.3, -0.25) is 14.2 Å². The molecule has 0 spiro atoms. The SMILES string of the molecule is CC(Cn1cccn1)NC(=O)c1cnn(C)c1C(=O)O. The van der Waals surface area contributed by atoms with Gasteiger partial charge in [-0.05, 0) is 13.0 Å². The molecule has 0 aliphatic rings. The molecule has 2 heterocycles. The summed E-state index contributed by atoms with van der Waals surface area (Å²) in [5.74, 6) is -1.65. The van der Waals surface area contributed by atoms with Gasteiger partial charge in [-0.15, -0.1) is 0 Å². The zero-order valence-electron chi connectivity index (χ0n) is 11.1. The number of aromatic nitrogens is 4. The summed E-state index contributed by atoms with van der Waals surface area (Å²) in [6, 6.07) is 1.60. The van der Waals surface area contributed by atoms with Gasteiger partial charge in [0.1, 0.15) is 0 Å². The lowest BCUT2D eigenvalue weighted by molar-refractivity contribution is 0.0678. The molecule has 2 aromatic heterocycles. The maximum atomic E-state index is 12.1. The Hall–Kier alpha value is -2.64. The average molecular weight is 277 g/mol. The molecule has 0 aromatic carbocycles. The van der Waals surface area contributed by atoms with Gasteiger partial charge in [-0.1, -0.05) is 0 Å². The summed E-state index contributed by atoms with van der Waals surface area (Å²) < 4.78 is 2.85. The maximum absolute atomic E-state index is 12.1. The van der Waals surface area contributed by atoms with E-state index in [1.54, 1.807) is 23.1 Å². The van der Waals surface area contributed by atoms with E-state index in [2.05, 4.69) is 15.5 Å². The van der Waals surface area contributed by atoms with Gasteiger partial charge in [-0.25, -0.2) is 4.79 Å². The van der Waals surface area contributed by atoms with Crippen LogP contribution in [0.25, 0.3) is 0 Å². The molecule has 8 heteroatoms. The van der Waals surface area contributed by atoms with E-state index in [4.69, 9.17) is 5.11 Å². The van der Waals surface area contributed by atoms with Crippen molar-refractivity contribution in [1.29, 1.82) is 0 Å². The molecule has 2 rings (SSSR count). The number of amides is 1. The third-order valence-electron chi connectivity index (χ3n) is 2.78. The lowest BCUT2D eigenvalue weighted by atomic mass is 10.2. The number of carbonyl (C=O) groups is 2. The molecule has 0 fully saturated rings. The van der Waals surface area contributed by atoms with Crippen LogP contribution < -0.4 is 5.32 Å². The Morgan fingerprint density at radius 1 is 1.45 bits per heavy atom. The van der Waals surface area contributed by atoms with Crippen LogP contribution >= 0.6 is 0 Å². The van der Waals surface area contributed by atoms with Crippen LogP contribution in [0, 0.1) is 0 Å². The number of rotatable bonds is 5. The van der Waals surface area contributed by atoms with Crippen LogP contribution in [-0.2, 0) is 13.6 Å². The summed E-state index contributed by atoms with van der Waals surface area (Å²) in [6.45, 7) is 2.32. The number of nitrogens with zero attached hydrogens (tertiary/aromatic N) is 4. The van der Waals surface area contributed by atoms with Crippen molar-refractivity contribution in [3.63, 3.8) is 0 Å². The van der Waals surface area contributed by atoms with Crippen molar-refractivity contribution in [1.82, 2.24) is 24.9 Å². The number of carboxylic acid groups (broad SMARTS) is 1. The molecule has 20 heavy (non-hydrogen) atoms. The van der Waals surface area contributed by atoms with Gasteiger partial charge in [0.2, 0.25) is 0 Å². The zero-order chi connectivity index (χ0) is 14.7. The standard InChI is InChI=1S/C12H15N5O3/c1-8(7-17-5-3-4-13-17)15-11(18)9-6-14-16(2)10(9)12(19)20/h3-6,8H,7H2,1-2H3,(H,15,18)(H,19,20). The molecule has 0 saturated heterocycles. The van der Waals surface area contributed by atoms with Gasteiger partial charge < -0.3 is 10.4 Å². The summed E-state index contributed by atoms with van der Waals surface area (Å²) in [7, 11) is 1.48. The first kappa shape index (κ1) is 13.8. The minimum Gasteiger partial charge on any atom is -0.477 e. The average Bonchev–Trinajstić information content (AvgIpc) is 2.97. The second kappa shape index (κ2) is 5.55. The summed E-state index contributed by atoms with van der Waals surface area (Å²) in [5.41, 5.74) is -0.0823. The molecule has 1 atom stereocenters. The molecule has 2 N–H and O–H groups in total. The van der Waals surface area contributed by atoms with Crippen molar-refractivity contribution in [3.05, 3.63) is 35.9 Å². The van der Waals surface area contributed by atoms with Gasteiger partial charge in [0, 0.05) is 25.5 Å². The Labute approximate surface area is 115 Å². The molecular formula is C12H15N5O3. The number of carboxylic acids is 1. The van der Waals surface area contributed by atoms with Gasteiger partial charge in [0.05, 0.1) is 18.3 Å². The normalized spacial score (nSPS) is 12.1. The van der Waals surface area contributed by atoms with E-state index in [1.165, 1.54) is 13.2 Å². The van der Waals surface area contributed by atoms with Crippen molar-refractivity contribution in [2.24, 2.45) is 7.05 Å². The molecular weight excluding hydrogens is 262 g/mol. The summed E-state index contributed by atoms with van der Waals surface area (Å²) in [6.07, 6.45) is 4.69. The second-order valence-electron chi connectivity index (χ2n) is 4.44. The molecule has 8 nitrogen and oxygen atoms in total. The van der Waals surface area contributed by atoms with Crippen LogP contribution in [0.5, 0.6) is 0 Å². The van der Waals surface area contributed by atoms with E-state index in [9.17, 15) is 9.59 Å². The summed E-state index contributed by atoms with van der Waals surface area (Å²) in [5, 5.41) is 19.6. The quantitative estimate of drug-likeness (QED) is 0.809. The number of hydrogen-bond donors (Lipinski definition) is 2. The summed E-state index contributed by atoms with van der Waals surface area (Å²) in [4.78, 5) is 23.2. The second-order valence-corrected chi connectivity index (χ2v) is 4.44. The molecule has 106 valence electrons. The van der Waals surface area contributed by atoms with E-state index in [0.717, 1.165) is 4.68 Å². The fraction of sp³-hybridized carbons (Fsp3) is 0.333. The van der Waals surface area contributed by atoms with Crippen molar-refractivity contribution in [2.75, 3.05) is 0 Å². The molecule has 2 aromatic rings. The minimum atomic E-state index is -1.19. The van der Waals surface area contributed by atoms with Crippen LogP contribution in [-0.4, -0.2) is 42.6 Å². The molecule has 0 aliphatic carbocycles. The number of carbonyl (C=O) groups excluding carboxylic acids is 1. The third-order valence-corrected chi connectivity index (χ3v) is 2.78. The first-order valence-electron chi connectivity index (χ1n) is 6.02. The van der Waals surface area contributed by atoms with E-state index >= 15 is 0 Å². The molecule has 1 amide bonds. The van der Waals surface area contributed by atoms with E-state index < -0.39 is 11.9 Å². The fourth-order valence-electron chi connectivity index (χ4n) is 1.89. The zero-order valence-corrected chi connectivity index (χ0v) is 11.1. The highest BCUT2D eigenvalue weighted by atomic mass is 16.4. The Morgan fingerprint density at radius 3 is 2.80 bits per heavy atom. The fourth-order valence-corrected chi connectivity index (χ4v) is 1.89. The largest absolute Gasteiger partial charge is 0.477 e. The number of aryl methyl sites for hydroxylation is 1. The highest BCUT2D eigenvalue weighted by molar-refractivity contribution is 6.03. The maximum Gasteiger partial charge on any atom is 0.354 e. The number of nitrogens with one attached hydrogen (secondary N) is 1. The molecule has 1 unspecified atom stereocenters. The third kappa shape index (κ3) is 2.85. The van der Waals surface area contributed by atoms with Crippen molar-refractivity contribution in [2.45, 2.75) is 19.5 Å². The first-order chi connectivity index (χ1) is 9.49. The van der Waals surface area contributed by atoms with Crippen LogP contribution in [0.15, 0.2) is 24.7 Å². The van der Waals surface area contributed by atoms with Gasteiger partial charge >= 0.3 is 5.97 Å². The minimum absolute atomic E-state index is 0.0484. The lowest BCUT2D eigenvalue weighted by Crippen LogP contribution is -2.36. The molecule has 0 aliphatic heterocycles. The Kier molecular flexibility index (Phi) is 3.83. The van der Waals surface area contributed by atoms with Crippen molar-refractivity contribution in [3.8, 4) is 0 Å². The molecule has 0 bridgehead atoms. The Balaban J connectivity index is 2.07. The van der Waals surface area contributed by atoms with Crippen LogP contribution in [0.1, 0.15) is 27.8 Å². The van der Waals surface area contributed by atoms with E-state index in [1.807, 2.05) is 6.92 Å².